The Kier molecular flexibility index (Phi) is 14.2. The molecule has 0 saturated heterocycles. The zero-order valence-corrected chi connectivity index (χ0v) is 19.2. The Hall–Kier alpha value is -0.970. The first kappa shape index (κ1) is 26.1. The molecule has 3 nitrogen and oxygen atoms in total. The highest BCUT2D eigenvalue weighted by Crippen LogP contribution is 2.34. The minimum absolute atomic E-state index is 0.183. The fourth-order valence-electron chi connectivity index (χ4n) is 3.95. The second kappa shape index (κ2) is 15.8. The maximum absolute atomic E-state index is 13.1. The van der Waals surface area contributed by atoms with Crippen LogP contribution in [0.2, 0.25) is 0 Å². The standard InChI is InChI=1S/C25H43FO3/c1-5-9-10-11-12-13-16-23(25(27-6-2,28-7-3)29-8-4)17-14-15-22-18-20-24(26)21-19-22/h18-21,23H,5-17H2,1-4H3. The van der Waals surface area contributed by atoms with Gasteiger partial charge in [-0.25, -0.2) is 4.39 Å². The van der Waals surface area contributed by atoms with Crippen molar-refractivity contribution in [3.8, 4) is 0 Å². The Labute approximate surface area is 178 Å². The summed E-state index contributed by atoms with van der Waals surface area (Å²) in [6.45, 7) is 9.91. The van der Waals surface area contributed by atoms with Crippen LogP contribution in [0.4, 0.5) is 4.39 Å². The molecule has 4 heteroatoms. The largest absolute Gasteiger partial charge is 0.328 e. The Morgan fingerprint density at radius 2 is 1.24 bits per heavy atom. The number of hydrogen-bond donors (Lipinski definition) is 0. The van der Waals surface area contributed by atoms with Crippen LogP contribution in [-0.2, 0) is 20.6 Å². The first-order valence-electron chi connectivity index (χ1n) is 11.8. The number of aryl methyl sites for hydroxylation is 1. The maximum Gasteiger partial charge on any atom is 0.285 e. The van der Waals surface area contributed by atoms with Crippen LogP contribution in [0.25, 0.3) is 0 Å². The summed E-state index contributed by atoms with van der Waals surface area (Å²) in [6, 6.07) is 6.82. The number of unbranched alkanes of at least 4 members (excludes halogenated alkanes) is 5. The molecule has 0 aliphatic heterocycles. The molecule has 168 valence electrons. The zero-order valence-electron chi connectivity index (χ0n) is 19.2. The summed E-state index contributed by atoms with van der Waals surface area (Å²) in [7, 11) is 0. The molecular formula is C25H43FO3. The minimum Gasteiger partial charge on any atom is -0.328 e. The van der Waals surface area contributed by atoms with E-state index in [1.807, 2.05) is 32.9 Å². The van der Waals surface area contributed by atoms with Crippen molar-refractivity contribution in [3.63, 3.8) is 0 Å². The molecular weight excluding hydrogens is 367 g/mol. The van der Waals surface area contributed by atoms with Crippen molar-refractivity contribution < 1.29 is 18.6 Å². The predicted molar refractivity (Wildman–Crippen MR) is 118 cm³/mol. The van der Waals surface area contributed by atoms with Crippen molar-refractivity contribution in [2.24, 2.45) is 5.92 Å². The molecule has 0 fully saturated rings. The van der Waals surface area contributed by atoms with E-state index in [4.69, 9.17) is 14.2 Å². The predicted octanol–water partition coefficient (Wildman–Crippen LogP) is 7.28. The second-order valence-corrected chi connectivity index (χ2v) is 7.67. The zero-order chi connectivity index (χ0) is 21.4. The van der Waals surface area contributed by atoms with Crippen molar-refractivity contribution in [1.29, 1.82) is 0 Å². The van der Waals surface area contributed by atoms with E-state index in [1.54, 1.807) is 0 Å². The van der Waals surface area contributed by atoms with E-state index < -0.39 is 5.97 Å². The van der Waals surface area contributed by atoms with Gasteiger partial charge in [-0.1, -0.05) is 57.6 Å². The highest BCUT2D eigenvalue weighted by molar-refractivity contribution is 5.15. The van der Waals surface area contributed by atoms with E-state index in [1.165, 1.54) is 56.2 Å². The third-order valence-corrected chi connectivity index (χ3v) is 5.37. The second-order valence-electron chi connectivity index (χ2n) is 7.67. The normalized spacial score (nSPS) is 13.0. The molecule has 0 saturated carbocycles. The van der Waals surface area contributed by atoms with Gasteiger partial charge in [0.25, 0.3) is 5.97 Å². The van der Waals surface area contributed by atoms with E-state index in [0.717, 1.165) is 25.7 Å². The average molecular weight is 411 g/mol. The number of halogens is 1. The molecule has 0 radical (unpaired) electrons. The van der Waals surface area contributed by atoms with E-state index >= 15 is 0 Å². The van der Waals surface area contributed by atoms with Crippen LogP contribution in [0.5, 0.6) is 0 Å². The number of benzene rings is 1. The van der Waals surface area contributed by atoms with E-state index in [9.17, 15) is 4.39 Å². The lowest BCUT2D eigenvalue weighted by Gasteiger charge is -2.39. The summed E-state index contributed by atoms with van der Waals surface area (Å²) in [5, 5.41) is 0. The highest BCUT2D eigenvalue weighted by Gasteiger charge is 2.41. The third-order valence-electron chi connectivity index (χ3n) is 5.37. The first-order valence-corrected chi connectivity index (χ1v) is 11.8. The molecule has 1 atom stereocenters. The van der Waals surface area contributed by atoms with Gasteiger partial charge < -0.3 is 14.2 Å². The van der Waals surface area contributed by atoms with Crippen LogP contribution >= 0.6 is 0 Å². The summed E-state index contributed by atoms with van der Waals surface area (Å²) in [6.07, 6.45) is 11.5. The summed E-state index contributed by atoms with van der Waals surface area (Å²) in [4.78, 5) is 0. The Morgan fingerprint density at radius 3 is 1.79 bits per heavy atom. The van der Waals surface area contributed by atoms with Crippen molar-refractivity contribution >= 4 is 0 Å². The molecule has 1 aromatic carbocycles. The molecule has 0 amide bonds. The van der Waals surface area contributed by atoms with Gasteiger partial charge in [-0.05, 0) is 64.2 Å². The van der Waals surface area contributed by atoms with Gasteiger partial charge >= 0.3 is 0 Å². The van der Waals surface area contributed by atoms with Crippen molar-refractivity contribution in [1.82, 2.24) is 0 Å². The molecule has 0 aliphatic rings. The molecule has 0 bridgehead atoms. The quantitative estimate of drug-likeness (QED) is 0.188. The first-order chi connectivity index (χ1) is 14.1. The lowest BCUT2D eigenvalue weighted by molar-refractivity contribution is -0.403. The van der Waals surface area contributed by atoms with Gasteiger partial charge in [-0.3, -0.25) is 0 Å². The SMILES string of the molecule is CCCCCCCCC(CCCc1ccc(F)cc1)C(OCC)(OCC)OCC. The van der Waals surface area contributed by atoms with Crippen molar-refractivity contribution in [3.05, 3.63) is 35.6 Å². The fraction of sp³-hybridized carbons (Fsp3) is 0.760. The van der Waals surface area contributed by atoms with Crippen LogP contribution in [0, 0.1) is 11.7 Å². The van der Waals surface area contributed by atoms with Gasteiger partial charge in [0.15, 0.2) is 0 Å². The molecule has 0 spiro atoms. The third kappa shape index (κ3) is 10.1. The van der Waals surface area contributed by atoms with Gasteiger partial charge in [0.05, 0.1) is 0 Å². The molecule has 29 heavy (non-hydrogen) atoms. The smallest absolute Gasteiger partial charge is 0.285 e. The number of rotatable bonds is 18. The molecule has 1 aromatic rings. The highest BCUT2D eigenvalue weighted by atomic mass is 19.1. The fourth-order valence-corrected chi connectivity index (χ4v) is 3.95. The summed E-state index contributed by atoms with van der Waals surface area (Å²) >= 11 is 0. The van der Waals surface area contributed by atoms with Crippen LogP contribution in [0.15, 0.2) is 24.3 Å². The molecule has 0 aromatic heterocycles. The molecule has 0 N–H and O–H groups in total. The average Bonchev–Trinajstić information content (AvgIpc) is 2.71. The van der Waals surface area contributed by atoms with E-state index in [0.29, 0.717) is 19.8 Å². The topological polar surface area (TPSA) is 27.7 Å². The van der Waals surface area contributed by atoms with Crippen LogP contribution < -0.4 is 0 Å². The van der Waals surface area contributed by atoms with Gasteiger partial charge in [-0.2, -0.15) is 0 Å². The number of hydrogen-bond acceptors (Lipinski definition) is 3. The van der Waals surface area contributed by atoms with Crippen LogP contribution in [-0.4, -0.2) is 25.8 Å². The Bertz CT molecular complexity index is 486. The van der Waals surface area contributed by atoms with E-state index in [-0.39, 0.29) is 11.7 Å². The van der Waals surface area contributed by atoms with Gasteiger partial charge in [0, 0.05) is 25.7 Å². The monoisotopic (exact) mass is 410 g/mol. The van der Waals surface area contributed by atoms with Gasteiger partial charge in [-0.15, -0.1) is 0 Å². The van der Waals surface area contributed by atoms with Crippen LogP contribution in [0.1, 0.15) is 91.0 Å². The van der Waals surface area contributed by atoms with Crippen molar-refractivity contribution in [2.75, 3.05) is 19.8 Å². The maximum atomic E-state index is 13.1. The molecule has 0 aliphatic carbocycles. The van der Waals surface area contributed by atoms with E-state index in [2.05, 4.69) is 6.92 Å². The Morgan fingerprint density at radius 1 is 0.724 bits per heavy atom. The summed E-state index contributed by atoms with van der Waals surface area (Å²) < 4.78 is 31.4. The molecule has 1 rings (SSSR count). The Balaban J connectivity index is 2.73. The van der Waals surface area contributed by atoms with Crippen LogP contribution in [0.3, 0.4) is 0 Å². The lowest BCUT2D eigenvalue weighted by atomic mass is 9.91. The van der Waals surface area contributed by atoms with Crippen molar-refractivity contribution in [2.45, 2.75) is 97.9 Å². The lowest BCUT2D eigenvalue weighted by Crippen LogP contribution is -2.46. The number of ether oxygens (including phenoxy) is 3. The van der Waals surface area contributed by atoms with Gasteiger partial charge in [0.2, 0.25) is 0 Å². The van der Waals surface area contributed by atoms with Gasteiger partial charge in [0.1, 0.15) is 5.82 Å². The molecule has 0 heterocycles. The summed E-state index contributed by atoms with van der Waals surface area (Å²) in [5.74, 6) is -0.948. The summed E-state index contributed by atoms with van der Waals surface area (Å²) in [5.41, 5.74) is 1.17. The molecule has 1 unspecified atom stereocenters. The minimum atomic E-state index is -0.954.